The Hall–Kier alpha value is -2.86. The van der Waals surface area contributed by atoms with Gasteiger partial charge in [0, 0.05) is 19.7 Å². The third kappa shape index (κ3) is 5.92. The minimum Gasteiger partial charge on any atom is -0.463 e. The van der Waals surface area contributed by atoms with E-state index in [1.54, 1.807) is 27.8 Å². The number of carbonyl (C=O) groups is 2. The molecule has 1 aromatic rings. The van der Waals surface area contributed by atoms with E-state index in [0.29, 0.717) is 17.2 Å². The van der Waals surface area contributed by atoms with Crippen molar-refractivity contribution in [3.63, 3.8) is 0 Å². The molecule has 2 aliphatic rings. The topological polar surface area (TPSA) is 147 Å². The van der Waals surface area contributed by atoms with Crippen molar-refractivity contribution in [1.29, 1.82) is 0 Å². The van der Waals surface area contributed by atoms with Crippen molar-refractivity contribution in [3.8, 4) is 0 Å². The molecule has 5 atom stereocenters. The summed E-state index contributed by atoms with van der Waals surface area (Å²) in [5, 5.41) is 2.91. The summed E-state index contributed by atoms with van der Waals surface area (Å²) in [6.07, 6.45) is -1.52. The zero-order valence-corrected chi connectivity index (χ0v) is 21.8. The van der Waals surface area contributed by atoms with Gasteiger partial charge in [0.2, 0.25) is 5.95 Å². The van der Waals surface area contributed by atoms with Crippen LogP contribution in [0.3, 0.4) is 0 Å². The third-order valence-electron chi connectivity index (χ3n) is 5.98. The van der Waals surface area contributed by atoms with Crippen LogP contribution in [0.25, 0.3) is 0 Å². The Morgan fingerprint density at radius 1 is 1.28 bits per heavy atom. The SMILES string of the molecule is CNc1nc(N)nc2c1N=CC2[C@@H]1O[C@H](COC(=O)CC(C)C)[C@@H](OCOC(=O)C(C)(C)C)[C@@]1(C)F. The first-order chi connectivity index (χ1) is 16.8. The third-order valence-corrected chi connectivity index (χ3v) is 5.98. The summed E-state index contributed by atoms with van der Waals surface area (Å²) < 4.78 is 38.8. The van der Waals surface area contributed by atoms with Crippen molar-refractivity contribution in [2.24, 2.45) is 16.3 Å². The summed E-state index contributed by atoms with van der Waals surface area (Å²) in [6.45, 7) is 9.49. The van der Waals surface area contributed by atoms with Crippen LogP contribution in [-0.4, -0.2) is 72.5 Å². The van der Waals surface area contributed by atoms with Crippen LogP contribution in [0.1, 0.15) is 59.6 Å². The van der Waals surface area contributed by atoms with Crippen LogP contribution in [0.15, 0.2) is 4.99 Å². The maximum Gasteiger partial charge on any atom is 0.313 e. The number of halogens is 1. The lowest BCUT2D eigenvalue weighted by molar-refractivity contribution is -0.180. The summed E-state index contributed by atoms with van der Waals surface area (Å²) in [4.78, 5) is 37.1. The van der Waals surface area contributed by atoms with Gasteiger partial charge in [-0.1, -0.05) is 13.8 Å². The second-order valence-corrected chi connectivity index (χ2v) is 10.6. The lowest BCUT2D eigenvalue weighted by atomic mass is 9.86. The molecule has 11 nitrogen and oxygen atoms in total. The number of nitrogens with two attached hydrogens (primary N) is 1. The Bertz CT molecular complexity index is 1010. The highest BCUT2D eigenvalue weighted by atomic mass is 19.1. The molecule has 0 radical (unpaired) electrons. The number of hydrogen-bond donors (Lipinski definition) is 2. The maximum atomic E-state index is 16.4. The molecular formula is C24H36FN5O6. The molecule has 3 rings (SSSR count). The minimum absolute atomic E-state index is 0.00761. The Morgan fingerprint density at radius 3 is 2.58 bits per heavy atom. The predicted molar refractivity (Wildman–Crippen MR) is 131 cm³/mol. The Kier molecular flexibility index (Phi) is 8.19. The number of alkyl halides is 1. The van der Waals surface area contributed by atoms with Gasteiger partial charge in [0.05, 0.1) is 17.0 Å². The zero-order chi connectivity index (χ0) is 26.8. The van der Waals surface area contributed by atoms with E-state index >= 15 is 4.39 Å². The molecule has 0 spiro atoms. The summed E-state index contributed by atoms with van der Waals surface area (Å²) in [7, 11) is 1.67. The van der Waals surface area contributed by atoms with E-state index in [2.05, 4.69) is 20.3 Å². The summed E-state index contributed by atoms with van der Waals surface area (Å²) in [5.41, 5.74) is 3.87. The van der Waals surface area contributed by atoms with Gasteiger partial charge in [-0.3, -0.25) is 14.6 Å². The quantitative estimate of drug-likeness (QED) is 0.376. The number of carbonyl (C=O) groups excluding carboxylic acids is 2. The Balaban J connectivity index is 1.83. The van der Waals surface area contributed by atoms with Gasteiger partial charge in [-0.15, -0.1) is 0 Å². The van der Waals surface area contributed by atoms with Crippen molar-refractivity contribution in [1.82, 2.24) is 9.97 Å². The molecular weight excluding hydrogens is 473 g/mol. The number of rotatable bonds is 9. The van der Waals surface area contributed by atoms with E-state index in [1.807, 2.05) is 13.8 Å². The number of hydrogen-bond acceptors (Lipinski definition) is 11. The zero-order valence-electron chi connectivity index (χ0n) is 21.8. The van der Waals surface area contributed by atoms with Gasteiger partial charge >= 0.3 is 11.9 Å². The van der Waals surface area contributed by atoms with Gasteiger partial charge in [0.1, 0.15) is 30.6 Å². The van der Waals surface area contributed by atoms with Crippen LogP contribution < -0.4 is 11.1 Å². The van der Waals surface area contributed by atoms with E-state index in [9.17, 15) is 9.59 Å². The highest BCUT2D eigenvalue weighted by molar-refractivity contribution is 5.85. The van der Waals surface area contributed by atoms with E-state index in [4.69, 9.17) is 24.7 Å². The van der Waals surface area contributed by atoms with Crippen molar-refractivity contribution in [2.75, 3.05) is 31.5 Å². The first kappa shape index (κ1) is 27.7. The fourth-order valence-electron chi connectivity index (χ4n) is 4.17. The fourth-order valence-corrected chi connectivity index (χ4v) is 4.17. The molecule has 2 aliphatic heterocycles. The van der Waals surface area contributed by atoms with E-state index in [-0.39, 0.29) is 24.9 Å². The molecule has 0 aromatic carbocycles. The monoisotopic (exact) mass is 509 g/mol. The molecule has 1 saturated heterocycles. The number of nitrogens with one attached hydrogen (secondary N) is 1. The van der Waals surface area contributed by atoms with Gasteiger partial charge < -0.3 is 30.0 Å². The number of fused-ring (bicyclic) bond motifs is 1. The highest BCUT2D eigenvalue weighted by Crippen LogP contribution is 2.47. The second kappa shape index (κ2) is 10.6. The van der Waals surface area contributed by atoms with Crippen LogP contribution in [0.2, 0.25) is 0 Å². The molecule has 36 heavy (non-hydrogen) atoms. The lowest BCUT2D eigenvalue weighted by Gasteiger charge is -2.29. The van der Waals surface area contributed by atoms with Crippen molar-refractivity contribution >= 4 is 35.6 Å². The average Bonchev–Trinajstić information content (AvgIpc) is 3.28. The summed E-state index contributed by atoms with van der Waals surface area (Å²) in [6, 6.07) is 0. The van der Waals surface area contributed by atoms with Crippen LogP contribution in [-0.2, 0) is 28.5 Å². The maximum absolute atomic E-state index is 16.4. The van der Waals surface area contributed by atoms with Crippen LogP contribution in [0, 0.1) is 11.3 Å². The van der Waals surface area contributed by atoms with E-state index < -0.39 is 54.0 Å². The number of anilines is 2. The summed E-state index contributed by atoms with van der Waals surface area (Å²) >= 11 is 0. The smallest absolute Gasteiger partial charge is 0.313 e. The molecule has 3 heterocycles. The van der Waals surface area contributed by atoms with Gasteiger partial charge in [0.15, 0.2) is 18.3 Å². The summed E-state index contributed by atoms with van der Waals surface area (Å²) in [5.74, 6) is -1.11. The molecule has 1 unspecified atom stereocenters. The number of ether oxygens (including phenoxy) is 4. The first-order valence-corrected chi connectivity index (χ1v) is 11.9. The first-order valence-electron chi connectivity index (χ1n) is 11.9. The van der Waals surface area contributed by atoms with Crippen molar-refractivity contribution < 1.29 is 32.9 Å². The molecule has 200 valence electrons. The number of esters is 2. The molecule has 0 saturated carbocycles. The van der Waals surface area contributed by atoms with E-state index in [1.165, 1.54) is 13.1 Å². The van der Waals surface area contributed by atoms with Gasteiger partial charge in [-0.2, -0.15) is 4.98 Å². The largest absolute Gasteiger partial charge is 0.463 e. The molecule has 12 heteroatoms. The Labute approximate surface area is 210 Å². The van der Waals surface area contributed by atoms with Crippen LogP contribution in [0.4, 0.5) is 21.8 Å². The predicted octanol–water partition coefficient (Wildman–Crippen LogP) is 2.92. The fraction of sp³-hybridized carbons (Fsp3) is 0.708. The van der Waals surface area contributed by atoms with Crippen LogP contribution >= 0.6 is 0 Å². The second-order valence-electron chi connectivity index (χ2n) is 10.6. The number of aromatic nitrogens is 2. The van der Waals surface area contributed by atoms with Gasteiger partial charge in [0.25, 0.3) is 0 Å². The van der Waals surface area contributed by atoms with Gasteiger partial charge in [-0.25, -0.2) is 9.37 Å². The number of aliphatic imine (C=N–C) groups is 1. The highest BCUT2D eigenvalue weighted by Gasteiger charge is 2.59. The molecule has 0 amide bonds. The van der Waals surface area contributed by atoms with Gasteiger partial charge in [-0.05, 0) is 33.6 Å². The van der Waals surface area contributed by atoms with Crippen LogP contribution in [0.5, 0.6) is 0 Å². The average molecular weight is 510 g/mol. The molecule has 1 fully saturated rings. The normalized spacial score (nSPS) is 27.2. The van der Waals surface area contributed by atoms with Crippen molar-refractivity contribution in [2.45, 2.75) is 77.9 Å². The van der Waals surface area contributed by atoms with E-state index in [0.717, 1.165) is 0 Å². The number of nitrogens with zero attached hydrogens (tertiary/aromatic N) is 3. The molecule has 0 bridgehead atoms. The molecule has 3 N–H and O–H groups in total. The Morgan fingerprint density at radius 2 is 1.97 bits per heavy atom. The van der Waals surface area contributed by atoms with Crippen molar-refractivity contribution in [3.05, 3.63) is 5.69 Å². The molecule has 0 aliphatic carbocycles. The minimum atomic E-state index is -2.10. The number of nitrogen functional groups attached to an aromatic ring is 1. The lowest BCUT2D eigenvalue weighted by Crippen LogP contribution is -2.46. The standard InChI is InChI=1S/C24H36FN5O6/c1-12(2)8-15(31)33-10-14-19(34-11-35-21(32)23(3,4)5)24(6,25)18(36-14)13-9-28-17-16(13)29-22(26)30-20(17)27-7/h9,12-14,18-19H,8,10-11H2,1-7H3,(H3,26,27,29,30)/t13?,14-,18+,19-,24+/m1/s1. The molecule has 1 aromatic heterocycles.